The summed E-state index contributed by atoms with van der Waals surface area (Å²) in [6, 6.07) is 16.6. The van der Waals surface area contributed by atoms with Gasteiger partial charge in [-0.25, -0.2) is 4.68 Å². The van der Waals surface area contributed by atoms with Crippen molar-refractivity contribution in [2.75, 3.05) is 13.0 Å². The molecule has 0 saturated heterocycles. The average Bonchev–Trinajstić information content (AvgIpc) is 2.77. The molecule has 0 aliphatic carbocycles. The largest absolute Gasteiger partial charge is 0.497 e. The number of nitrogen functional groups attached to an aromatic ring is 1. The smallest absolute Gasteiger partial charge is 0.297 e. The Balaban J connectivity index is 2.03. The number of rotatable bonds is 3. The van der Waals surface area contributed by atoms with E-state index in [-0.39, 0.29) is 16.5 Å². The molecule has 30 heavy (non-hydrogen) atoms. The SMILES string of the molecule is COc1ccc(-n2nc3c(=O)n(N)c(-c4ccc(Cl)cc4)cc3c(C#N)c2=O)cc1. The molecule has 4 rings (SSSR count). The highest BCUT2D eigenvalue weighted by Crippen LogP contribution is 2.23. The predicted molar refractivity (Wildman–Crippen MR) is 113 cm³/mol. The molecule has 0 fully saturated rings. The van der Waals surface area contributed by atoms with E-state index in [1.165, 1.54) is 13.2 Å². The fourth-order valence-electron chi connectivity index (χ4n) is 3.12. The van der Waals surface area contributed by atoms with Crippen LogP contribution in [-0.2, 0) is 0 Å². The van der Waals surface area contributed by atoms with E-state index in [2.05, 4.69) is 5.10 Å². The third-order valence-corrected chi connectivity index (χ3v) is 4.91. The second-order valence-corrected chi connectivity index (χ2v) is 6.81. The van der Waals surface area contributed by atoms with Gasteiger partial charge < -0.3 is 10.6 Å². The third kappa shape index (κ3) is 3.07. The maximum atomic E-state index is 13.0. The summed E-state index contributed by atoms with van der Waals surface area (Å²) in [5.41, 5.74) is -0.286. The van der Waals surface area contributed by atoms with Crippen molar-refractivity contribution in [1.82, 2.24) is 14.5 Å². The maximum Gasteiger partial charge on any atom is 0.297 e. The van der Waals surface area contributed by atoms with Crippen LogP contribution >= 0.6 is 11.6 Å². The Bertz CT molecular complexity index is 1430. The van der Waals surface area contributed by atoms with Gasteiger partial charge in [-0.15, -0.1) is 0 Å². The minimum Gasteiger partial charge on any atom is -0.497 e. The lowest BCUT2D eigenvalue weighted by atomic mass is 10.1. The number of ether oxygens (including phenoxy) is 1. The van der Waals surface area contributed by atoms with Gasteiger partial charge in [-0.3, -0.25) is 9.59 Å². The first-order valence-electron chi connectivity index (χ1n) is 8.73. The lowest BCUT2D eigenvalue weighted by Crippen LogP contribution is -2.33. The van der Waals surface area contributed by atoms with Crippen LogP contribution < -0.4 is 21.7 Å². The molecule has 8 nitrogen and oxygen atoms in total. The maximum absolute atomic E-state index is 13.0. The summed E-state index contributed by atoms with van der Waals surface area (Å²) in [5.74, 6) is 6.61. The zero-order valence-corrected chi connectivity index (χ0v) is 16.4. The van der Waals surface area contributed by atoms with Gasteiger partial charge in [0, 0.05) is 16.0 Å². The van der Waals surface area contributed by atoms with E-state index in [0.717, 1.165) is 9.36 Å². The lowest BCUT2D eigenvalue weighted by molar-refractivity contribution is 0.414. The molecule has 0 radical (unpaired) electrons. The van der Waals surface area contributed by atoms with Gasteiger partial charge in [0.15, 0.2) is 5.52 Å². The first kappa shape index (κ1) is 19.2. The Morgan fingerprint density at radius 2 is 1.73 bits per heavy atom. The van der Waals surface area contributed by atoms with Crippen LogP contribution in [0.25, 0.3) is 27.8 Å². The number of fused-ring (bicyclic) bond motifs is 1. The highest BCUT2D eigenvalue weighted by Gasteiger charge is 2.18. The molecule has 2 aromatic carbocycles. The lowest BCUT2D eigenvalue weighted by Gasteiger charge is -2.12. The molecule has 0 aliphatic rings. The number of hydrogen-bond acceptors (Lipinski definition) is 6. The van der Waals surface area contributed by atoms with Gasteiger partial charge in [0.05, 0.1) is 18.5 Å². The molecule has 2 N–H and O–H groups in total. The van der Waals surface area contributed by atoms with Crippen molar-refractivity contribution in [2.45, 2.75) is 0 Å². The van der Waals surface area contributed by atoms with Crippen LogP contribution in [0.5, 0.6) is 5.75 Å². The quantitative estimate of drug-likeness (QED) is 0.510. The van der Waals surface area contributed by atoms with E-state index in [0.29, 0.717) is 27.7 Å². The number of halogens is 1. The van der Waals surface area contributed by atoms with Crippen molar-refractivity contribution in [3.05, 3.63) is 85.9 Å². The van der Waals surface area contributed by atoms with Gasteiger partial charge >= 0.3 is 0 Å². The van der Waals surface area contributed by atoms with Gasteiger partial charge in [-0.1, -0.05) is 23.7 Å². The van der Waals surface area contributed by atoms with Crippen molar-refractivity contribution in [3.8, 4) is 28.8 Å². The van der Waals surface area contributed by atoms with Crippen molar-refractivity contribution < 1.29 is 4.74 Å². The van der Waals surface area contributed by atoms with E-state index in [9.17, 15) is 14.9 Å². The Hall–Kier alpha value is -4.09. The van der Waals surface area contributed by atoms with Crippen molar-refractivity contribution in [1.29, 1.82) is 5.26 Å². The molecule has 2 aromatic heterocycles. The molecular weight excluding hydrogens is 406 g/mol. The monoisotopic (exact) mass is 419 g/mol. The van der Waals surface area contributed by atoms with Crippen LogP contribution in [0.15, 0.2) is 64.2 Å². The van der Waals surface area contributed by atoms with Crippen molar-refractivity contribution in [3.63, 3.8) is 0 Å². The van der Waals surface area contributed by atoms with Crippen molar-refractivity contribution in [2.24, 2.45) is 0 Å². The van der Waals surface area contributed by atoms with Crippen LogP contribution in [0.2, 0.25) is 5.02 Å². The van der Waals surface area contributed by atoms with E-state index < -0.39 is 11.1 Å². The molecule has 0 atom stereocenters. The topological polar surface area (TPSA) is 116 Å². The van der Waals surface area contributed by atoms with Gasteiger partial charge in [0.25, 0.3) is 11.1 Å². The number of aromatic nitrogens is 3. The number of nitrogens with two attached hydrogens (primary N) is 1. The molecule has 0 amide bonds. The molecular formula is C21H14ClN5O3. The minimum absolute atomic E-state index is 0.0952. The number of pyridine rings is 1. The molecule has 9 heteroatoms. The van der Waals surface area contributed by atoms with E-state index in [4.69, 9.17) is 22.2 Å². The van der Waals surface area contributed by atoms with Gasteiger partial charge in [-0.2, -0.15) is 15.0 Å². The normalized spacial score (nSPS) is 10.7. The summed E-state index contributed by atoms with van der Waals surface area (Å²) in [5, 5.41) is 14.5. The average molecular weight is 420 g/mol. The number of benzene rings is 2. The Kier molecular flexibility index (Phi) is 4.74. The van der Waals surface area contributed by atoms with Crippen LogP contribution in [0, 0.1) is 11.3 Å². The summed E-state index contributed by atoms with van der Waals surface area (Å²) in [7, 11) is 1.52. The number of methoxy groups -OCH3 is 1. The van der Waals surface area contributed by atoms with Crippen LogP contribution in [0.3, 0.4) is 0 Å². The van der Waals surface area contributed by atoms with Crippen LogP contribution in [-0.4, -0.2) is 21.6 Å². The molecule has 0 aliphatic heterocycles. The number of nitrogens with zero attached hydrogens (tertiary/aromatic N) is 4. The summed E-state index contributed by atoms with van der Waals surface area (Å²) < 4.78 is 7.05. The van der Waals surface area contributed by atoms with Crippen LogP contribution in [0.1, 0.15) is 5.56 Å². The molecule has 0 unspecified atom stereocenters. The summed E-state index contributed by atoms with van der Waals surface area (Å²) in [4.78, 5) is 25.9. The fraction of sp³-hybridized carbons (Fsp3) is 0.0476. The van der Waals surface area contributed by atoms with Crippen molar-refractivity contribution >= 4 is 22.5 Å². The first-order valence-corrected chi connectivity index (χ1v) is 9.11. The third-order valence-electron chi connectivity index (χ3n) is 4.66. The van der Waals surface area contributed by atoms with Gasteiger partial charge in [-0.05, 0) is 42.5 Å². The zero-order chi connectivity index (χ0) is 21.4. The highest BCUT2D eigenvalue weighted by atomic mass is 35.5. The van der Waals surface area contributed by atoms with Crippen LogP contribution in [0.4, 0.5) is 0 Å². The van der Waals surface area contributed by atoms with Gasteiger partial charge in [0.1, 0.15) is 17.4 Å². The standard InChI is InChI=1S/C21H14ClN5O3/c1-30-15-8-6-14(7-9-15)27-20(28)17(11-23)16-10-18(12-2-4-13(22)5-3-12)26(24)21(29)19(16)25-27/h2-10H,24H2,1H3. The van der Waals surface area contributed by atoms with Gasteiger partial charge in [0.2, 0.25) is 0 Å². The molecule has 2 heterocycles. The number of hydrogen-bond donors (Lipinski definition) is 1. The molecule has 0 bridgehead atoms. The minimum atomic E-state index is -0.647. The Morgan fingerprint density at radius 1 is 1.07 bits per heavy atom. The molecule has 148 valence electrons. The van der Waals surface area contributed by atoms with E-state index >= 15 is 0 Å². The first-order chi connectivity index (χ1) is 14.4. The Labute approximate surface area is 174 Å². The fourth-order valence-corrected chi connectivity index (χ4v) is 3.24. The summed E-state index contributed by atoms with van der Waals surface area (Å²) in [6.07, 6.45) is 0. The second kappa shape index (κ2) is 7.39. The van der Waals surface area contributed by atoms with E-state index in [1.54, 1.807) is 48.5 Å². The Morgan fingerprint density at radius 3 is 2.33 bits per heavy atom. The van der Waals surface area contributed by atoms with E-state index in [1.807, 2.05) is 6.07 Å². The zero-order valence-electron chi connectivity index (χ0n) is 15.7. The molecule has 0 spiro atoms. The highest BCUT2D eigenvalue weighted by molar-refractivity contribution is 6.30. The second-order valence-electron chi connectivity index (χ2n) is 6.38. The predicted octanol–water partition coefficient (Wildman–Crippen LogP) is 2.46. The molecule has 0 saturated carbocycles. The number of nitriles is 1. The summed E-state index contributed by atoms with van der Waals surface area (Å²) >= 11 is 5.92. The molecule has 4 aromatic rings. The summed E-state index contributed by atoms with van der Waals surface area (Å²) in [6.45, 7) is 0.